The maximum absolute atomic E-state index is 15.4. The van der Waals surface area contributed by atoms with E-state index in [2.05, 4.69) is 54.1 Å². The molecule has 9 fully saturated rings. The lowest BCUT2D eigenvalue weighted by molar-refractivity contribution is -0.200. The Morgan fingerprint density at radius 2 is 1.76 bits per heavy atom. The summed E-state index contributed by atoms with van der Waals surface area (Å²) in [6.45, 7) is 12.0. The van der Waals surface area contributed by atoms with Crippen molar-refractivity contribution in [1.82, 2.24) is 20.2 Å². The summed E-state index contributed by atoms with van der Waals surface area (Å²) in [6.07, 6.45) is 20.9. The van der Waals surface area contributed by atoms with Gasteiger partial charge in [0.25, 0.3) is 0 Å². The second kappa shape index (κ2) is 18.2. The van der Waals surface area contributed by atoms with Gasteiger partial charge >= 0.3 is 0 Å². The van der Waals surface area contributed by atoms with Gasteiger partial charge in [0.2, 0.25) is 0 Å². The van der Waals surface area contributed by atoms with Crippen LogP contribution < -0.4 is 16.4 Å². The molecule has 74 heavy (non-hydrogen) atoms. The number of imidazole rings is 1. The van der Waals surface area contributed by atoms with Gasteiger partial charge in [0.15, 0.2) is 11.7 Å². The number of aliphatic imine (C=N–C) groups is 1. The smallest absolute Gasteiger partial charge is 0.190 e. The van der Waals surface area contributed by atoms with E-state index in [1.165, 1.54) is 51.4 Å². The third-order valence-corrected chi connectivity index (χ3v) is 27.1. The summed E-state index contributed by atoms with van der Waals surface area (Å²) in [4.78, 5) is 25.1. The fourth-order valence-electron chi connectivity index (χ4n) is 22.7. The molecule has 1 spiro atoms. The van der Waals surface area contributed by atoms with Crippen molar-refractivity contribution in [3.8, 4) is 0 Å². The van der Waals surface area contributed by atoms with E-state index < -0.39 is 52.8 Å². The quantitative estimate of drug-likeness (QED) is 0.0453. The Morgan fingerprint density at radius 3 is 2.53 bits per heavy atom. The number of hydrogen-bond acceptors (Lipinski definition) is 11. The predicted octanol–water partition coefficient (Wildman–Crippen LogP) is 7.84. The monoisotopic (exact) mass is 1050 g/mol. The van der Waals surface area contributed by atoms with Crippen molar-refractivity contribution in [3.63, 3.8) is 0 Å². The number of carbonyl (C=O) groups is 1. The van der Waals surface area contributed by atoms with Crippen molar-refractivity contribution in [2.75, 3.05) is 31.6 Å². The third-order valence-electron chi connectivity index (χ3n) is 24.6. The highest BCUT2D eigenvalue weighted by Gasteiger charge is 2.78. The van der Waals surface area contributed by atoms with Crippen LogP contribution in [0.25, 0.3) is 0 Å². The average Bonchev–Trinajstić information content (AvgIpc) is 4.07. The van der Waals surface area contributed by atoms with Gasteiger partial charge in [-0.3, -0.25) is 9.79 Å². The van der Waals surface area contributed by atoms with Crippen LogP contribution >= 0.6 is 21.6 Å². The van der Waals surface area contributed by atoms with E-state index in [0.29, 0.717) is 42.0 Å². The number of nitrogens with one attached hydrogen (secondary N) is 2. The van der Waals surface area contributed by atoms with Crippen molar-refractivity contribution >= 4 is 33.3 Å². The number of fused-ring (bicyclic) bond motifs is 10. The van der Waals surface area contributed by atoms with Gasteiger partial charge in [0.05, 0.1) is 30.2 Å². The van der Waals surface area contributed by atoms with Crippen LogP contribution in [0.4, 0.5) is 0 Å². The number of nitrogens with zero attached hydrogens (tertiary/aromatic N) is 3. The van der Waals surface area contributed by atoms with Crippen LogP contribution in [-0.4, -0.2) is 109 Å². The lowest BCUT2D eigenvalue weighted by Crippen LogP contribution is -2.70. The van der Waals surface area contributed by atoms with Crippen molar-refractivity contribution in [2.45, 2.75) is 167 Å². The second-order valence-corrected chi connectivity index (χ2v) is 30.5. The Balaban J connectivity index is 1.04. The first-order chi connectivity index (χ1) is 35.4. The minimum Gasteiger partial charge on any atom is -0.392 e. The molecule has 9 N–H and O–H groups in total. The van der Waals surface area contributed by atoms with Gasteiger partial charge in [0, 0.05) is 78.0 Å². The molecule has 6 bridgehead atoms. The molecular formula is C60H88N6O6S2. The van der Waals surface area contributed by atoms with E-state index in [9.17, 15) is 25.5 Å². The van der Waals surface area contributed by atoms with Crippen LogP contribution in [0.3, 0.4) is 0 Å². The molecule has 14 heteroatoms. The van der Waals surface area contributed by atoms with Gasteiger partial charge in [-0.15, -0.1) is 0 Å². The lowest BCUT2D eigenvalue weighted by Gasteiger charge is -2.67. The Hall–Kier alpha value is -2.17. The first-order valence-corrected chi connectivity index (χ1v) is 32.0. The molecule has 0 amide bonds. The largest absolute Gasteiger partial charge is 0.392 e. The second-order valence-electron chi connectivity index (χ2n) is 28.0. The Morgan fingerprint density at radius 1 is 0.946 bits per heavy atom. The molecule has 2 heterocycles. The van der Waals surface area contributed by atoms with E-state index in [1.807, 2.05) is 47.2 Å². The number of aliphatic hydroxyl groups is 5. The van der Waals surface area contributed by atoms with E-state index >= 15 is 4.79 Å². The summed E-state index contributed by atoms with van der Waals surface area (Å²) < 4.78 is 2.35. The van der Waals surface area contributed by atoms with Crippen LogP contribution in [0.1, 0.15) is 137 Å². The number of guanidine groups is 1. The number of carbonyl (C=O) groups excluding carboxylic acids is 1. The summed E-state index contributed by atoms with van der Waals surface area (Å²) in [5.74, 6) is 2.24. The van der Waals surface area contributed by atoms with Crippen LogP contribution in [0.2, 0.25) is 0 Å². The van der Waals surface area contributed by atoms with Crippen LogP contribution in [0.15, 0.2) is 57.7 Å². The van der Waals surface area contributed by atoms with Gasteiger partial charge in [0.1, 0.15) is 6.23 Å². The van der Waals surface area contributed by atoms with E-state index in [0.717, 1.165) is 55.8 Å². The zero-order valence-electron chi connectivity index (χ0n) is 45.1. The molecule has 0 radical (unpaired) electrons. The van der Waals surface area contributed by atoms with Crippen LogP contribution in [-0.2, 0) is 4.79 Å². The maximum Gasteiger partial charge on any atom is 0.190 e. The molecule has 1 aliphatic heterocycles. The maximum atomic E-state index is 15.4. The number of allylic oxidation sites excluding steroid dienone is 3. The molecule has 12 nitrogen and oxygen atoms in total. The molecule has 0 aromatic carbocycles. The molecule has 13 rings (SSSR count). The van der Waals surface area contributed by atoms with Gasteiger partial charge in [-0.25, -0.2) is 4.98 Å². The number of nitrogens with two attached hydrogens (primary N) is 1. The normalized spacial score (nSPS) is 50.4. The number of aromatic nitrogens is 2. The third kappa shape index (κ3) is 7.04. The van der Waals surface area contributed by atoms with E-state index in [-0.39, 0.29) is 77.0 Å². The minimum atomic E-state index is -1.39. The van der Waals surface area contributed by atoms with Gasteiger partial charge in [-0.2, -0.15) is 0 Å². The highest BCUT2D eigenvalue weighted by molar-refractivity contribution is 8.76. The molecule has 11 aliphatic carbocycles. The fraction of sp³-hybridized carbons (Fsp3) is 0.817. The Kier molecular flexibility index (Phi) is 12.6. The molecule has 23 unspecified atom stereocenters. The first kappa shape index (κ1) is 51.3. The van der Waals surface area contributed by atoms with Crippen molar-refractivity contribution in [1.29, 1.82) is 0 Å². The van der Waals surface area contributed by atoms with E-state index in [4.69, 9.17) is 10.7 Å². The highest BCUT2D eigenvalue weighted by Crippen LogP contribution is 2.79. The summed E-state index contributed by atoms with van der Waals surface area (Å²) in [5.41, 5.74) is 11.3. The van der Waals surface area contributed by atoms with Crippen molar-refractivity contribution in [2.24, 2.45) is 115 Å². The zero-order valence-corrected chi connectivity index (χ0v) is 46.7. The number of rotatable bonds is 6. The molecule has 406 valence electrons. The lowest BCUT2D eigenvalue weighted by atomic mass is 9.38. The molecule has 12 aliphatic rings. The average molecular weight is 1050 g/mol. The Bertz CT molecular complexity index is 2530. The summed E-state index contributed by atoms with van der Waals surface area (Å²) in [7, 11) is 5.64. The molecule has 1 aromatic heterocycles. The number of aliphatic hydroxyl groups excluding tert-OH is 4. The number of ketones is 1. The van der Waals surface area contributed by atoms with Crippen LogP contribution in [0.5, 0.6) is 0 Å². The Labute approximate surface area is 448 Å². The standard InChI is InChI=1S/C60H88N6O6S2/c1-30(67)65-55(61)64-26-39-41-15-14-36-35-10-7-11-37-46(35)48-52(38-19-31-12-13-32-9-8-16-59(32,22-31)49(37)38)56(2,3)23-34(66-18-17-63-29-66)28-74-73-27-33-20-42(47(36)54(48)71)58(41,5)60(33,72)43-21-44(68)51-40(25-62-6)53(70)45(69)24-57(51,4)50(39)43/h17-18,21,29-36,39-42,45,47-51,53-54,62,67,69-72H,7-16,19-20,22-28H2,1-6H3,(H3,61,64,65). The van der Waals surface area contributed by atoms with E-state index in [1.54, 1.807) is 29.2 Å². The van der Waals surface area contributed by atoms with Gasteiger partial charge in [-0.05, 0) is 185 Å². The fourth-order valence-corrected chi connectivity index (χ4v) is 25.4. The summed E-state index contributed by atoms with van der Waals surface area (Å²) in [6, 6.07) is 0.181. The van der Waals surface area contributed by atoms with Crippen molar-refractivity contribution < 1.29 is 30.3 Å². The minimum absolute atomic E-state index is 0.0301. The predicted molar refractivity (Wildman–Crippen MR) is 292 cm³/mol. The molecule has 8 saturated carbocycles. The van der Waals surface area contributed by atoms with Gasteiger partial charge in [-0.1, -0.05) is 78.0 Å². The first-order valence-electron chi connectivity index (χ1n) is 29.5. The highest BCUT2D eigenvalue weighted by atomic mass is 33.1. The van der Waals surface area contributed by atoms with Crippen molar-refractivity contribution in [3.05, 3.63) is 52.7 Å². The number of hydrogen-bond donors (Lipinski definition) is 8. The molecule has 1 saturated heterocycles. The summed E-state index contributed by atoms with van der Waals surface area (Å²) in [5, 5.41) is 69.7. The molecule has 23 atom stereocenters. The molecular weight excluding hydrogens is 965 g/mol. The van der Waals surface area contributed by atoms with Gasteiger partial charge < -0.3 is 46.5 Å². The zero-order chi connectivity index (χ0) is 51.6. The SMILES string of the molecule is CNCC1C(O)C(O)CC2(C)C1C(=O)C=C1C2C(CN=C(N)NC(C)O)C2CCC3C4CCCC5=C4C4C(=C6CC7CCC8CCCC8(C7)C56)C(C)(C)CC(n5ccnc5)CSSCC5CC(C3C4O)C2(C)C15O. The van der Waals surface area contributed by atoms with Crippen LogP contribution in [0, 0.1) is 105 Å². The molecule has 1 aromatic rings. The topological polar surface area (TPSA) is 198 Å². The summed E-state index contributed by atoms with van der Waals surface area (Å²) >= 11 is 0.